The third kappa shape index (κ3) is 6.37. The average molecular weight is 573 g/mol. The van der Waals surface area contributed by atoms with E-state index in [1.165, 1.54) is 4.91 Å². The van der Waals surface area contributed by atoms with Crippen LogP contribution in [-0.2, 0) is 20.7 Å². The molecular formula is C24H37ClN6O4S2. The third-order valence-electron chi connectivity index (χ3n) is 7.83. The molecule has 0 aromatic carbocycles. The summed E-state index contributed by atoms with van der Waals surface area (Å²) in [5, 5.41) is 14.0. The predicted octanol–water partition coefficient (Wildman–Crippen LogP) is 1.43. The Morgan fingerprint density at radius 3 is 2.78 bits per heavy atom. The van der Waals surface area contributed by atoms with Crippen molar-refractivity contribution in [3.05, 3.63) is 22.4 Å². The number of nitrogens with zero attached hydrogens (tertiary/aromatic N) is 1. The molecule has 37 heavy (non-hydrogen) atoms. The van der Waals surface area contributed by atoms with E-state index < -0.39 is 34.4 Å². The highest BCUT2D eigenvalue weighted by Gasteiger charge is 2.41. The lowest BCUT2D eigenvalue weighted by Gasteiger charge is -2.36. The fraction of sp³-hybridized carbons (Fsp3) is 0.750. The topological polar surface area (TPSA) is 130 Å². The van der Waals surface area contributed by atoms with Crippen LogP contribution < -0.4 is 26.7 Å². The maximum atomic E-state index is 13.1. The molecule has 2 aliphatic carbocycles. The summed E-state index contributed by atoms with van der Waals surface area (Å²) in [4.78, 5) is 26.9. The maximum absolute atomic E-state index is 13.1. The van der Waals surface area contributed by atoms with E-state index in [0.717, 1.165) is 76.2 Å². The summed E-state index contributed by atoms with van der Waals surface area (Å²) < 4.78 is 18.7. The second-order valence-corrected chi connectivity index (χ2v) is 13.9. The molecule has 5 aliphatic rings. The van der Waals surface area contributed by atoms with Crippen LogP contribution in [0.2, 0.25) is 0 Å². The van der Waals surface area contributed by atoms with E-state index >= 15 is 0 Å². The van der Waals surface area contributed by atoms with Crippen molar-refractivity contribution in [2.24, 2.45) is 5.92 Å². The van der Waals surface area contributed by atoms with Gasteiger partial charge < -0.3 is 25.2 Å². The minimum Gasteiger partial charge on any atom is -0.616 e. The number of hydrogen-bond acceptors (Lipinski definition) is 9. The molecule has 0 radical (unpaired) electrons. The van der Waals surface area contributed by atoms with Crippen LogP contribution in [0.3, 0.4) is 0 Å². The Morgan fingerprint density at radius 2 is 2.05 bits per heavy atom. The summed E-state index contributed by atoms with van der Waals surface area (Å²) in [7, 11) is 1.61. The van der Waals surface area contributed by atoms with E-state index in [1.807, 2.05) is 0 Å². The first-order chi connectivity index (χ1) is 17.9. The zero-order valence-electron chi connectivity index (χ0n) is 21.1. The van der Waals surface area contributed by atoms with Crippen LogP contribution in [0.4, 0.5) is 4.79 Å². The number of thioether (sulfide) groups is 1. The molecule has 10 nitrogen and oxygen atoms in total. The molecule has 0 saturated carbocycles. The molecule has 13 heteroatoms. The lowest BCUT2D eigenvalue weighted by atomic mass is 9.88. The molecule has 6 atom stereocenters. The van der Waals surface area contributed by atoms with E-state index in [0.29, 0.717) is 6.42 Å². The number of imide groups is 1. The average Bonchev–Trinajstić information content (AvgIpc) is 3.57. The number of hydrazine groups is 1. The highest BCUT2D eigenvalue weighted by molar-refractivity contribution is 8.04. The number of urea groups is 1. The van der Waals surface area contributed by atoms with E-state index in [-0.39, 0.29) is 22.0 Å². The number of allylic oxidation sites excluding steroid dienone is 3. The van der Waals surface area contributed by atoms with Crippen LogP contribution in [0, 0.1) is 5.92 Å². The van der Waals surface area contributed by atoms with Crippen molar-refractivity contribution < 1.29 is 18.9 Å². The van der Waals surface area contributed by atoms with Gasteiger partial charge in [0.2, 0.25) is 5.91 Å². The molecule has 6 unspecified atom stereocenters. The van der Waals surface area contributed by atoms with E-state index in [1.54, 1.807) is 24.9 Å². The van der Waals surface area contributed by atoms with Gasteiger partial charge in [0.25, 0.3) is 0 Å². The summed E-state index contributed by atoms with van der Waals surface area (Å²) in [6.45, 7) is 3.63. The van der Waals surface area contributed by atoms with Crippen LogP contribution in [-0.4, -0.2) is 82.2 Å². The second-order valence-electron chi connectivity index (χ2n) is 10.2. The Balaban J connectivity index is 1.11. The molecule has 0 aromatic heterocycles. The van der Waals surface area contributed by atoms with Crippen molar-refractivity contribution in [1.29, 1.82) is 0 Å². The molecule has 3 amide bonds. The molecule has 3 aliphatic heterocycles. The quantitative estimate of drug-likeness (QED) is 0.237. The van der Waals surface area contributed by atoms with Crippen LogP contribution in [0.25, 0.3) is 0 Å². The molecule has 0 spiro atoms. The number of halogens is 1. The van der Waals surface area contributed by atoms with Crippen LogP contribution in [0.1, 0.15) is 44.9 Å². The third-order valence-corrected chi connectivity index (χ3v) is 11.6. The Kier molecular flexibility index (Phi) is 9.16. The first kappa shape index (κ1) is 27.4. The minimum absolute atomic E-state index is 0.104. The lowest BCUT2D eigenvalue weighted by Crippen LogP contribution is -2.52. The van der Waals surface area contributed by atoms with Gasteiger partial charge in [-0.3, -0.25) is 15.5 Å². The molecular weight excluding hydrogens is 536 g/mol. The van der Waals surface area contributed by atoms with E-state index in [9.17, 15) is 14.1 Å². The van der Waals surface area contributed by atoms with Crippen LogP contribution >= 0.6 is 23.4 Å². The van der Waals surface area contributed by atoms with Crippen molar-refractivity contribution in [1.82, 2.24) is 31.7 Å². The Morgan fingerprint density at radius 1 is 1.24 bits per heavy atom. The van der Waals surface area contributed by atoms with Gasteiger partial charge >= 0.3 is 6.03 Å². The molecule has 2 saturated heterocycles. The van der Waals surface area contributed by atoms with Crippen LogP contribution in [0.5, 0.6) is 0 Å². The maximum Gasteiger partial charge on any atom is 0.323 e. The number of amides is 3. The van der Waals surface area contributed by atoms with E-state index in [2.05, 4.69) is 31.7 Å². The largest absolute Gasteiger partial charge is 0.616 e. The van der Waals surface area contributed by atoms with Gasteiger partial charge in [0.15, 0.2) is 5.50 Å². The molecule has 0 aromatic rings. The van der Waals surface area contributed by atoms with Gasteiger partial charge in [-0.2, -0.15) is 0 Å². The number of ether oxygens (including phenoxy) is 1. The first-order valence-corrected chi connectivity index (χ1v) is 15.8. The van der Waals surface area contributed by atoms with Gasteiger partial charge in [0, 0.05) is 49.4 Å². The van der Waals surface area contributed by atoms with Crippen molar-refractivity contribution in [3.8, 4) is 0 Å². The van der Waals surface area contributed by atoms with Crippen LogP contribution in [0.15, 0.2) is 22.4 Å². The zero-order chi connectivity index (χ0) is 25.9. The Bertz CT molecular complexity index is 927. The van der Waals surface area contributed by atoms with Crippen molar-refractivity contribution in [2.45, 2.75) is 72.4 Å². The summed E-state index contributed by atoms with van der Waals surface area (Å²) in [6, 6.07) is -0.654. The van der Waals surface area contributed by atoms with Crippen molar-refractivity contribution in [3.63, 3.8) is 0 Å². The number of hydrogen-bond donors (Lipinski definition) is 5. The number of rotatable bonds is 6. The zero-order valence-corrected chi connectivity index (χ0v) is 23.5. The SMILES string of the molecule is COC1=CC(Cl)C(C(=O)NC(=O)NC2NC3=C(CC([S+]([O-])C4CCNCC4)CC3)S2)CC1N1CCCN1. The van der Waals surface area contributed by atoms with Gasteiger partial charge in [-0.25, -0.2) is 9.80 Å². The fourth-order valence-corrected chi connectivity index (χ4v) is 9.45. The summed E-state index contributed by atoms with van der Waals surface area (Å²) >= 11 is 7.22. The fourth-order valence-electron chi connectivity index (χ4n) is 5.83. The number of methoxy groups -OCH3 is 1. The number of carbonyl (C=O) groups is 2. The predicted molar refractivity (Wildman–Crippen MR) is 146 cm³/mol. The van der Waals surface area contributed by atoms with Gasteiger partial charge in [0.1, 0.15) is 16.3 Å². The highest BCUT2D eigenvalue weighted by Crippen LogP contribution is 2.41. The summed E-state index contributed by atoms with van der Waals surface area (Å²) in [6.07, 6.45) is 7.70. The smallest absolute Gasteiger partial charge is 0.323 e. The lowest BCUT2D eigenvalue weighted by molar-refractivity contribution is -0.124. The molecule has 3 heterocycles. The first-order valence-electron chi connectivity index (χ1n) is 13.2. The van der Waals surface area contributed by atoms with E-state index in [4.69, 9.17) is 16.3 Å². The number of carbonyl (C=O) groups excluding carboxylic acids is 2. The highest BCUT2D eigenvalue weighted by atomic mass is 35.5. The minimum atomic E-state index is -0.840. The second kappa shape index (κ2) is 12.4. The molecule has 5 rings (SSSR count). The molecule has 2 fully saturated rings. The summed E-state index contributed by atoms with van der Waals surface area (Å²) in [5.41, 5.74) is 4.09. The molecule has 0 bridgehead atoms. The Hall–Kier alpha value is -1.15. The van der Waals surface area contributed by atoms with Gasteiger partial charge in [0.05, 0.1) is 24.4 Å². The normalized spacial score (nSPS) is 33.8. The summed E-state index contributed by atoms with van der Waals surface area (Å²) in [5.74, 6) is -0.211. The molecule has 206 valence electrons. The van der Waals surface area contributed by atoms with Gasteiger partial charge in [-0.1, -0.05) is 11.8 Å². The van der Waals surface area contributed by atoms with Crippen molar-refractivity contribution >= 4 is 46.5 Å². The Labute approximate surface area is 230 Å². The number of piperidine rings is 1. The van der Waals surface area contributed by atoms with Gasteiger partial charge in [-0.15, -0.1) is 11.6 Å². The molecule has 5 N–H and O–H groups in total. The standard InChI is InChI=1S/C24H37ClN6O4S2/c1-35-20-13-17(25)16(12-19(20)31-10-2-7-27-31)22(32)29-23(33)30-24-28-18-4-3-15(11-21(18)36-24)37(34)14-5-8-26-9-6-14/h13-17,19,24,26-28H,2-12H2,1H3,(H2,29,30,32,33). The monoisotopic (exact) mass is 572 g/mol. The van der Waals surface area contributed by atoms with Crippen molar-refractivity contribution in [2.75, 3.05) is 33.3 Å². The number of nitrogens with one attached hydrogen (secondary N) is 5. The van der Waals surface area contributed by atoms with Gasteiger partial charge in [-0.05, 0) is 49.6 Å². The number of alkyl halides is 1.